The Morgan fingerprint density at radius 3 is 2.60 bits per heavy atom. The van der Waals surface area contributed by atoms with Crippen molar-refractivity contribution in [1.29, 1.82) is 0 Å². The minimum Gasteiger partial charge on any atom is -0.314 e. The molecule has 2 aliphatic heterocycles. The second kappa shape index (κ2) is 5.68. The van der Waals surface area contributed by atoms with Crippen LogP contribution in [0, 0.1) is 0 Å². The predicted octanol–water partition coefficient (Wildman–Crippen LogP) is -0.0271. The fourth-order valence-corrected chi connectivity index (χ4v) is 2.72. The minimum atomic E-state index is -0.210. The van der Waals surface area contributed by atoms with Gasteiger partial charge in [-0.25, -0.2) is 0 Å². The summed E-state index contributed by atoms with van der Waals surface area (Å²) in [5.41, 5.74) is 0.909. The lowest BCUT2D eigenvalue weighted by molar-refractivity contribution is 0.0646. The fraction of sp³-hybridized carbons (Fsp3) is 0.500. The van der Waals surface area contributed by atoms with Crippen molar-refractivity contribution in [1.82, 2.24) is 20.1 Å². The Labute approximate surface area is 117 Å². The summed E-state index contributed by atoms with van der Waals surface area (Å²) in [6.45, 7) is 5.50. The molecule has 0 aliphatic carbocycles. The van der Waals surface area contributed by atoms with E-state index in [1.54, 1.807) is 12.3 Å². The Morgan fingerprint density at radius 2 is 1.85 bits per heavy atom. The first-order valence-corrected chi connectivity index (χ1v) is 7.00. The van der Waals surface area contributed by atoms with Gasteiger partial charge in [-0.1, -0.05) is 0 Å². The van der Waals surface area contributed by atoms with Gasteiger partial charge < -0.3 is 10.2 Å². The molecule has 20 heavy (non-hydrogen) atoms. The highest BCUT2D eigenvalue weighted by Gasteiger charge is 2.35. The molecule has 106 valence electrons. The van der Waals surface area contributed by atoms with Crippen molar-refractivity contribution in [2.75, 3.05) is 39.3 Å². The topological polar surface area (TPSA) is 65.5 Å². The van der Waals surface area contributed by atoms with E-state index >= 15 is 0 Å². The van der Waals surface area contributed by atoms with Crippen LogP contribution in [0.3, 0.4) is 0 Å². The third kappa shape index (κ3) is 2.44. The summed E-state index contributed by atoms with van der Waals surface area (Å²) < 4.78 is 0. The fourth-order valence-electron chi connectivity index (χ4n) is 2.72. The second-order valence-corrected chi connectivity index (χ2v) is 5.13. The van der Waals surface area contributed by atoms with Gasteiger partial charge in [0, 0.05) is 45.1 Å². The zero-order chi connectivity index (χ0) is 13.9. The number of hydrogen-bond donors (Lipinski definition) is 1. The quantitative estimate of drug-likeness (QED) is 0.781. The molecule has 0 saturated carbocycles. The van der Waals surface area contributed by atoms with Crippen LogP contribution in [-0.4, -0.2) is 65.9 Å². The molecule has 0 spiro atoms. The summed E-state index contributed by atoms with van der Waals surface area (Å²) in [7, 11) is 0. The van der Waals surface area contributed by atoms with Crippen molar-refractivity contribution in [3.8, 4) is 0 Å². The zero-order valence-corrected chi connectivity index (χ0v) is 11.3. The van der Waals surface area contributed by atoms with Gasteiger partial charge in [-0.3, -0.25) is 19.5 Å². The van der Waals surface area contributed by atoms with Gasteiger partial charge >= 0.3 is 0 Å². The molecule has 0 radical (unpaired) electrons. The highest BCUT2D eigenvalue weighted by molar-refractivity contribution is 6.21. The molecule has 6 heteroatoms. The number of hydrogen-bond acceptors (Lipinski definition) is 5. The number of pyridine rings is 1. The molecule has 1 aromatic rings. The Balaban J connectivity index is 1.56. The first kappa shape index (κ1) is 13.2. The van der Waals surface area contributed by atoms with Crippen molar-refractivity contribution < 1.29 is 9.59 Å². The van der Waals surface area contributed by atoms with Gasteiger partial charge in [-0.2, -0.15) is 0 Å². The van der Waals surface area contributed by atoms with E-state index in [1.165, 1.54) is 11.1 Å². The van der Waals surface area contributed by atoms with Gasteiger partial charge in [0.25, 0.3) is 11.8 Å². The van der Waals surface area contributed by atoms with E-state index < -0.39 is 0 Å². The Bertz CT molecular complexity index is 491. The van der Waals surface area contributed by atoms with E-state index in [2.05, 4.69) is 15.2 Å². The van der Waals surface area contributed by atoms with Crippen LogP contribution in [0.4, 0.5) is 0 Å². The molecule has 1 fully saturated rings. The first-order valence-electron chi connectivity index (χ1n) is 7.00. The maximum absolute atomic E-state index is 12.1. The summed E-state index contributed by atoms with van der Waals surface area (Å²) in [5.74, 6) is -0.397. The van der Waals surface area contributed by atoms with Crippen molar-refractivity contribution >= 4 is 11.8 Å². The third-order valence-corrected chi connectivity index (χ3v) is 3.84. The molecular weight excluding hydrogens is 256 g/mol. The summed E-state index contributed by atoms with van der Waals surface area (Å²) in [5, 5.41) is 3.30. The van der Waals surface area contributed by atoms with E-state index in [0.29, 0.717) is 17.7 Å². The van der Waals surface area contributed by atoms with Crippen LogP contribution in [-0.2, 0) is 0 Å². The normalized spacial score (nSPS) is 19.5. The number of fused-ring (bicyclic) bond motifs is 1. The highest BCUT2D eigenvalue weighted by atomic mass is 16.2. The van der Waals surface area contributed by atoms with Crippen LogP contribution < -0.4 is 5.32 Å². The predicted molar refractivity (Wildman–Crippen MR) is 73.5 cm³/mol. The lowest BCUT2D eigenvalue weighted by atomic mass is 10.2. The Hall–Kier alpha value is -1.79. The Kier molecular flexibility index (Phi) is 3.75. The molecule has 0 bridgehead atoms. The maximum atomic E-state index is 12.1. The molecule has 2 aliphatic rings. The standard InChI is InChI=1S/C14H18N4O2/c19-13-11-2-3-16-10-12(11)14(20)18(13)7-1-6-17-8-4-15-5-9-17/h2-3,10,15H,1,4-9H2. The summed E-state index contributed by atoms with van der Waals surface area (Å²) in [4.78, 5) is 31.9. The first-order chi connectivity index (χ1) is 9.77. The molecule has 0 unspecified atom stereocenters. The monoisotopic (exact) mass is 274 g/mol. The number of aromatic nitrogens is 1. The van der Waals surface area contributed by atoms with Crippen LogP contribution >= 0.6 is 0 Å². The molecule has 0 atom stereocenters. The van der Waals surface area contributed by atoms with Gasteiger partial charge in [-0.15, -0.1) is 0 Å². The van der Waals surface area contributed by atoms with Gasteiger partial charge in [0.05, 0.1) is 11.1 Å². The van der Waals surface area contributed by atoms with E-state index in [-0.39, 0.29) is 11.8 Å². The SMILES string of the molecule is O=C1c2ccncc2C(=O)N1CCCN1CCNCC1. The van der Waals surface area contributed by atoms with Gasteiger partial charge in [-0.05, 0) is 19.0 Å². The summed E-state index contributed by atoms with van der Waals surface area (Å²) in [6, 6.07) is 1.62. The van der Waals surface area contributed by atoms with Gasteiger partial charge in [0.1, 0.15) is 0 Å². The average molecular weight is 274 g/mol. The van der Waals surface area contributed by atoms with Gasteiger partial charge in [0.2, 0.25) is 0 Å². The largest absolute Gasteiger partial charge is 0.314 e. The number of carbonyl (C=O) groups is 2. The summed E-state index contributed by atoms with van der Waals surface area (Å²) in [6.07, 6.45) is 3.85. The lowest BCUT2D eigenvalue weighted by Gasteiger charge is -2.27. The average Bonchev–Trinajstić information content (AvgIpc) is 2.74. The van der Waals surface area contributed by atoms with Crippen LogP contribution in [0.2, 0.25) is 0 Å². The number of rotatable bonds is 4. The highest BCUT2D eigenvalue weighted by Crippen LogP contribution is 2.21. The molecule has 3 heterocycles. The number of nitrogens with one attached hydrogen (secondary N) is 1. The number of carbonyl (C=O) groups excluding carboxylic acids is 2. The minimum absolute atomic E-state index is 0.187. The number of amides is 2. The maximum Gasteiger partial charge on any atom is 0.263 e. The molecular formula is C14H18N4O2. The van der Waals surface area contributed by atoms with E-state index in [1.807, 2.05) is 0 Å². The Morgan fingerprint density at radius 1 is 1.10 bits per heavy atom. The second-order valence-electron chi connectivity index (χ2n) is 5.13. The molecule has 6 nitrogen and oxygen atoms in total. The van der Waals surface area contributed by atoms with Crippen molar-refractivity contribution in [3.63, 3.8) is 0 Å². The number of nitrogens with zero attached hydrogens (tertiary/aromatic N) is 3. The molecule has 1 aromatic heterocycles. The van der Waals surface area contributed by atoms with Crippen LogP contribution in [0.15, 0.2) is 18.5 Å². The lowest BCUT2D eigenvalue weighted by Crippen LogP contribution is -2.44. The van der Waals surface area contributed by atoms with Crippen molar-refractivity contribution in [3.05, 3.63) is 29.6 Å². The third-order valence-electron chi connectivity index (χ3n) is 3.84. The number of imide groups is 1. The van der Waals surface area contributed by atoms with E-state index in [0.717, 1.165) is 39.1 Å². The summed E-state index contributed by atoms with van der Waals surface area (Å²) >= 11 is 0. The molecule has 0 aromatic carbocycles. The van der Waals surface area contributed by atoms with E-state index in [9.17, 15) is 9.59 Å². The van der Waals surface area contributed by atoms with Crippen molar-refractivity contribution in [2.24, 2.45) is 0 Å². The number of piperazine rings is 1. The van der Waals surface area contributed by atoms with Crippen molar-refractivity contribution in [2.45, 2.75) is 6.42 Å². The molecule has 3 rings (SSSR count). The van der Waals surface area contributed by atoms with Gasteiger partial charge in [0.15, 0.2) is 0 Å². The molecule has 2 amide bonds. The van der Waals surface area contributed by atoms with Crippen LogP contribution in [0.5, 0.6) is 0 Å². The van der Waals surface area contributed by atoms with E-state index in [4.69, 9.17) is 0 Å². The van der Waals surface area contributed by atoms with Crippen LogP contribution in [0.25, 0.3) is 0 Å². The van der Waals surface area contributed by atoms with Crippen LogP contribution in [0.1, 0.15) is 27.1 Å². The molecule has 1 saturated heterocycles. The smallest absolute Gasteiger partial charge is 0.263 e. The zero-order valence-electron chi connectivity index (χ0n) is 11.3. The molecule has 1 N–H and O–H groups in total.